The van der Waals surface area contributed by atoms with Gasteiger partial charge in [0.25, 0.3) is 0 Å². The Morgan fingerprint density at radius 1 is 0.929 bits per heavy atom. The molecular weight excluding hydrogens is 355 g/mol. The normalized spacial score (nSPS) is 13.9. The molecule has 0 saturated carbocycles. The number of rotatable bonds is 4. The van der Waals surface area contributed by atoms with Crippen LogP contribution in [0.15, 0.2) is 60.9 Å². The number of hydrogen-bond donors (Lipinski definition) is 1. The van der Waals surface area contributed by atoms with Crippen molar-refractivity contribution in [3.8, 4) is 6.07 Å². The molecule has 0 unspecified atom stereocenters. The van der Waals surface area contributed by atoms with Crippen molar-refractivity contribution in [1.29, 1.82) is 5.26 Å². The van der Waals surface area contributed by atoms with Crippen LogP contribution in [0.1, 0.15) is 5.56 Å². The van der Waals surface area contributed by atoms with E-state index in [0.29, 0.717) is 35.8 Å². The monoisotopic (exact) mass is 374 g/mol. The van der Waals surface area contributed by atoms with Gasteiger partial charge in [-0.15, -0.1) is 0 Å². The fourth-order valence-corrected chi connectivity index (χ4v) is 3.30. The van der Waals surface area contributed by atoms with Crippen LogP contribution in [0.2, 0.25) is 0 Å². The summed E-state index contributed by atoms with van der Waals surface area (Å²) in [5.74, 6) is 1.24. The number of aromatic nitrogens is 2. The van der Waals surface area contributed by atoms with Gasteiger partial charge in [-0.05, 0) is 24.3 Å². The Kier molecular flexibility index (Phi) is 5.02. The van der Waals surface area contributed by atoms with Crippen molar-refractivity contribution >= 4 is 23.0 Å². The first kappa shape index (κ1) is 17.7. The van der Waals surface area contributed by atoms with E-state index in [0.717, 1.165) is 18.9 Å². The molecule has 1 aromatic heterocycles. The van der Waals surface area contributed by atoms with E-state index in [9.17, 15) is 9.65 Å². The molecule has 0 atom stereocenters. The van der Waals surface area contributed by atoms with Gasteiger partial charge >= 0.3 is 0 Å². The fourth-order valence-electron chi connectivity index (χ4n) is 3.30. The summed E-state index contributed by atoms with van der Waals surface area (Å²) < 4.78 is 14.0. The highest BCUT2D eigenvalue weighted by atomic mass is 19.1. The molecule has 7 heteroatoms. The van der Waals surface area contributed by atoms with Gasteiger partial charge in [-0.3, -0.25) is 0 Å². The number of anilines is 4. The Hall–Kier alpha value is -3.66. The molecule has 0 radical (unpaired) electrons. The number of para-hydroxylation sites is 2. The van der Waals surface area contributed by atoms with E-state index in [-0.39, 0.29) is 5.82 Å². The van der Waals surface area contributed by atoms with Crippen molar-refractivity contribution in [3.63, 3.8) is 0 Å². The first-order chi connectivity index (χ1) is 13.7. The SMILES string of the molecule is N#Cc1ccccc1Nc1cc(N2CCN(c3ccccc3F)CC2)ncn1. The summed E-state index contributed by atoms with van der Waals surface area (Å²) >= 11 is 0. The second-order valence-corrected chi connectivity index (χ2v) is 6.47. The summed E-state index contributed by atoms with van der Waals surface area (Å²) in [5, 5.41) is 12.4. The van der Waals surface area contributed by atoms with Gasteiger partial charge in [0.05, 0.1) is 16.9 Å². The predicted molar refractivity (Wildman–Crippen MR) is 107 cm³/mol. The third kappa shape index (κ3) is 3.71. The molecular formula is C21H19FN6. The molecule has 0 aliphatic carbocycles. The zero-order valence-electron chi connectivity index (χ0n) is 15.2. The summed E-state index contributed by atoms with van der Waals surface area (Å²) in [6.07, 6.45) is 1.51. The molecule has 1 aliphatic heterocycles. The summed E-state index contributed by atoms with van der Waals surface area (Å²) in [6.45, 7) is 2.90. The summed E-state index contributed by atoms with van der Waals surface area (Å²) in [4.78, 5) is 12.8. The molecule has 0 bridgehead atoms. The molecule has 1 saturated heterocycles. The van der Waals surface area contributed by atoms with Crippen LogP contribution >= 0.6 is 0 Å². The average molecular weight is 374 g/mol. The van der Waals surface area contributed by atoms with E-state index < -0.39 is 0 Å². The van der Waals surface area contributed by atoms with Gasteiger partial charge in [0, 0.05) is 32.2 Å². The zero-order valence-corrected chi connectivity index (χ0v) is 15.2. The molecule has 1 N–H and O–H groups in total. The molecule has 1 aliphatic rings. The third-order valence-corrected chi connectivity index (χ3v) is 4.76. The molecule has 4 rings (SSSR count). The van der Waals surface area contributed by atoms with E-state index in [1.54, 1.807) is 12.1 Å². The van der Waals surface area contributed by atoms with E-state index in [4.69, 9.17) is 0 Å². The van der Waals surface area contributed by atoms with Crippen LogP contribution in [0.5, 0.6) is 0 Å². The number of piperazine rings is 1. The summed E-state index contributed by atoms with van der Waals surface area (Å²) in [6, 6.07) is 18.2. The van der Waals surface area contributed by atoms with Crippen molar-refractivity contribution in [2.24, 2.45) is 0 Å². The highest BCUT2D eigenvalue weighted by Gasteiger charge is 2.20. The maximum absolute atomic E-state index is 14.0. The van der Waals surface area contributed by atoms with Crippen LogP contribution in [0.4, 0.5) is 27.4 Å². The van der Waals surface area contributed by atoms with Crippen LogP contribution in [0.25, 0.3) is 0 Å². The van der Waals surface area contributed by atoms with Crippen LogP contribution in [0.3, 0.4) is 0 Å². The molecule has 3 aromatic rings. The molecule has 2 heterocycles. The minimum atomic E-state index is -0.194. The van der Waals surface area contributed by atoms with Gasteiger partial charge in [0.15, 0.2) is 0 Å². The quantitative estimate of drug-likeness (QED) is 0.753. The number of benzene rings is 2. The molecule has 28 heavy (non-hydrogen) atoms. The second-order valence-electron chi connectivity index (χ2n) is 6.47. The molecule has 2 aromatic carbocycles. The zero-order chi connectivity index (χ0) is 19.3. The first-order valence-corrected chi connectivity index (χ1v) is 9.07. The van der Waals surface area contributed by atoms with Gasteiger partial charge in [0.1, 0.15) is 29.8 Å². The maximum atomic E-state index is 14.0. The van der Waals surface area contributed by atoms with E-state index >= 15 is 0 Å². The molecule has 140 valence electrons. The van der Waals surface area contributed by atoms with Gasteiger partial charge in [0.2, 0.25) is 0 Å². The number of halogens is 1. The van der Waals surface area contributed by atoms with Crippen LogP contribution in [0, 0.1) is 17.1 Å². The Balaban J connectivity index is 1.46. The van der Waals surface area contributed by atoms with Crippen LogP contribution < -0.4 is 15.1 Å². The Labute approximate surface area is 162 Å². The lowest BCUT2D eigenvalue weighted by Crippen LogP contribution is -2.47. The largest absolute Gasteiger partial charge is 0.366 e. The smallest absolute Gasteiger partial charge is 0.146 e. The van der Waals surface area contributed by atoms with E-state index in [1.807, 2.05) is 36.4 Å². The Bertz CT molecular complexity index is 1010. The molecule has 1 fully saturated rings. The van der Waals surface area contributed by atoms with Crippen molar-refractivity contribution in [3.05, 3.63) is 72.3 Å². The van der Waals surface area contributed by atoms with Crippen LogP contribution in [-0.2, 0) is 0 Å². The number of nitriles is 1. The lowest BCUT2D eigenvalue weighted by molar-refractivity contribution is 0.596. The van der Waals surface area contributed by atoms with Crippen molar-refractivity contribution < 1.29 is 4.39 Å². The lowest BCUT2D eigenvalue weighted by Gasteiger charge is -2.36. The third-order valence-electron chi connectivity index (χ3n) is 4.76. The predicted octanol–water partition coefficient (Wildman–Crippen LogP) is 3.56. The Morgan fingerprint density at radius 3 is 2.43 bits per heavy atom. The molecule has 6 nitrogen and oxygen atoms in total. The number of nitrogens with one attached hydrogen (secondary N) is 1. The van der Waals surface area contributed by atoms with Crippen molar-refractivity contribution in [1.82, 2.24) is 9.97 Å². The van der Waals surface area contributed by atoms with Gasteiger partial charge in [-0.2, -0.15) is 5.26 Å². The Morgan fingerprint density at radius 2 is 1.64 bits per heavy atom. The van der Waals surface area contributed by atoms with Crippen LogP contribution in [-0.4, -0.2) is 36.1 Å². The fraction of sp³-hybridized carbons (Fsp3) is 0.190. The molecule has 0 amide bonds. The highest BCUT2D eigenvalue weighted by Crippen LogP contribution is 2.24. The minimum Gasteiger partial charge on any atom is -0.366 e. The van der Waals surface area contributed by atoms with Gasteiger partial charge < -0.3 is 15.1 Å². The van der Waals surface area contributed by atoms with Gasteiger partial charge in [-0.1, -0.05) is 24.3 Å². The minimum absolute atomic E-state index is 0.194. The summed E-state index contributed by atoms with van der Waals surface area (Å²) in [7, 11) is 0. The highest BCUT2D eigenvalue weighted by molar-refractivity contribution is 5.66. The van der Waals surface area contributed by atoms with E-state index in [2.05, 4.69) is 31.2 Å². The van der Waals surface area contributed by atoms with E-state index in [1.165, 1.54) is 12.4 Å². The second kappa shape index (κ2) is 7.92. The summed E-state index contributed by atoms with van der Waals surface area (Å²) in [5.41, 5.74) is 1.90. The molecule has 0 spiro atoms. The van der Waals surface area contributed by atoms with Crippen molar-refractivity contribution in [2.45, 2.75) is 0 Å². The average Bonchev–Trinajstić information content (AvgIpc) is 2.75. The number of hydrogen-bond acceptors (Lipinski definition) is 6. The maximum Gasteiger partial charge on any atom is 0.146 e. The number of nitrogens with zero attached hydrogens (tertiary/aromatic N) is 5. The topological polar surface area (TPSA) is 68.1 Å². The standard InChI is InChI=1S/C21H19FN6/c22-17-6-2-4-8-19(17)27-9-11-28(12-10-27)21-13-20(24-15-25-21)26-18-7-3-1-5-16(18)14-23/h1-8,13,15H,9-12H2,(H,24,25,26). The first-order valence-electron chi connectivity index (χ1n) is 9.07. The van der Waals surface area contributed by atoms with Gasteiger partial charge in [-0.25, -0.2) is 14.4 Å². The van der Waals surface area contributed by atoms with Crippen molar-refractivity contribution in [2.75, 3.05) is 41.3 Å². The lowest BCUT2D eigenvalue weighted by atomic mass is 10.2.